The van der Waals surface area contributed by atoms with Gasteiger partial charge in [0.1, 0.15) is 17.0 Å². The standard InChI is InChI=1S/C18H16N2O3/c1-11-6-7-15(13(3)9-11)23-17-14(10-21)18(22)20-8-4-5-12(2)16(20)19-17/h4-10H,1-3H3. The van der Waals surface area contributed by atoms with E-state index in [9.17, 15) is 9.59 Å². The molecule has 23 heavy (non-hydrogen) atoms. The molecule has 5 heteroatoms. The summed E-state index contributed by atoms with van der Waals surface area (Å²) in [5, 5.41) is 0. The minimum absolute atomic E-state index is 0.0336. The average molecular weight is 308 g/mol. The summed E-state index contributed by atoms with van der Waals surface area (Å²) >= 11 is 0. The van der Waals surface area contributed by atoms with Gasteiger partial charge in [0.2, 0.25) is 5.88 Å². The summed E-state index contributed by atoms with van der Waals surface area (Å²) in [6.45, 7) is 5.74. The van der Waals surface area contributed by atoms with Crippen molar-refractivity contribution in [1.29, 1.82) is 0 Å². The van der Waals surface area contributed by atoms with E-state index in [1.54, 1.807) is 18.3 Å². The largest absolute Gasteiger partial charge is 0.438 e. The lowest BCUT2D eigenvalue weighted by molar-refractivity contribution is 0.111. The highest BCUT2D eigenvalue weighted by Gasteiger charge is 2.16. The number of aromatic nitrogens is 2. The maximum atomic E-state index is 12.5. The monoisotopic (exact) mass is 308 g/mol. The van der Waals surface area contributed by atoms with Crippen LogP contribution in [0.5, 0.6) is 11.6 Å². The first-order valence-corrected chi connectivity index (χ1v) is 7.23. The topological polar surface area (TPSA) is 60.7 Å². The Kier molecular flexibility index (Phi) is 3.70. The van der Waals surface area contributed by atoms with Crippen LogP contribution in [0.4, 0.5) is 0 Å². The van der Waals surface area contributed by atoms with Crippen LogP contribution in [0.1, 0.15) is 27.0 Å². The van der Waals surface area contributed by atoms with Crippen LogP contribution in [-0.4, -0.2) is 15.7 Å². The minimum atomic E-state index is -0.437. The lowest BCUT2D eigenvalue weighted by Crippen LogP contribution is -2.21. The molecule has 0 saturated heterocycles. The number of pyridine rings is 1. The van der Waals surface area contributed by atoms with Gasteiger partial charge >= 0.3 is 0 Å². The number of carbonyl (C=O) groups excluding carboxylic acids is 1. The van der Waals surface area contributed by atoms with Gasteiger partial charge in [0.15, 0.2) is 6.29 Å². The third-order valence-electron chi connectivity index (χ3n) is 3.70. The Hall–Kier alpha value is -2.95. The summed E-state index contributed by atoms with van der Waals surface area (Å²) in [5.41, 5.74) is 2.79. The SMILES string of the molecule is Cc1ccc(Oc2nc3c(C)cccn3c(=O)c2C=O)c(C)c1. The molecule has 0 atom stereocenters. The van der Waals surface area contributed by atoms with Gasteiger partial charge < -0.3 is 4.74 Å². The third kappa shape index (κ3) is 2.61. The summed E-state index contributed by atoms with van der Waals surface area (Å²) in [6, 6.07) is 9.27. The zero-order valence-corrected chi connectivity index (χ0v) is 13.2. The van der Waals surface area contributed by atoms with E-state index >= 15 is 0 Å². The van der Waals surface area contributed by atoms with Crippen LogP contribution < -0.4 is 10.3 Å². The van der Waals surface area contributed by atoms with E-state index in [0.29, 0.717) is 17.7 Å². The van der Waals surface area contributed by atoms with Crippen LogP contribution >= 0.6 is 0 Å². The van der Waals surface area contributed by atoms with E-state index in [2.05, 4.69) is 4.98 Å². The molecule has 116 valence electrons. The van der Waals surface area contributed by atoms with Crippen molar-refractivity contribution in [2.24, 2.45) is 0 Å². The number of hydrogen-bond donors (Lipinski definition) is 0. The van der Waals surface area contributed by atoms with Crippen LogP contribution in [-0.2, 0) is 0 Å². The van der Waals surface area contributed by atoms with Gasteiger partial charge in [-0.2, -0.15) is 4.98 Å². The molecule has 0 fully saturated rings. The van der Waals surface area contributed by atoms with E-state index in [1.165, 1.54) is 4.40 Å². The molecule has 0 amide bonds. The summed E-state index contributed by atoms with van der Waals surface area (Å²) < 4.78 is 7.13. The van der Waals surface area contributed by atoms with Gasteiger partial charge in [-0.05, 0) is 44.0 Å². The quantitative estimate of drug-likeness (QED) is 0.697. The highest BCUT2D eigenvalue weighted by atomic mass is 16.5. The van der Waals surface area contributed by atoms with Gasteiger partial charge in [0.05, 0.1) is 0 Å². The fraction of sp³-hybridized carbons (Fsp3) is 0.167. The smallest absolute Gasteiger partial charge is 0.272 e. The number of rotatable bonds is 3. The van der Waals surface area contributed by atoms with Crippen molar-refractivity contribution in [3.8, 4) is 11.6 Å². The normalized spacial score (nSPS) is 10.7. The van der Waals surface area contributed by atoms with E-state index in [1.807, 2.05) is 39.0 Å². The number of fused-ring (bicyclic) bond motifs is 1. The molecule has 3 rings (SSSR count). The maximum absolute atomic E-state index is 12.5. The molecule has 0 radical (unpaired) electrons. The Morgan fingerprint density at radius 2 is 1.91 bits per heavy atom. The fourth-order valence-electron chi connectivity index (χ4n) is 2.49. The molecule has 0 bridgehead atoms. The second-order valence-corrected chi connectivity index (χ2v) is 5.51. The molecule has 2 aromatic heterocycles. The van der Waals surface area contributed by atoms with E-state index in [-0.39, 0.29) is 11.4 Å². The molecule has 2 heterocycles. The second kappa shape index (κ2) is 5.68. The van der Waals surface area contributed by atoms with Crippen molar-refractivity contribution in [2.75, 3.05) is 0 Å². The number of carbonyl (C=O) groups is 1. The molecule has 0 aliphatic carbocycles. The van der Waals surface area contributed by atoms with Crippen molar-refractivity contribution < 1.29 is 9.53 Å². The van der Waals surface area contributed by atoms with Crippen molar-refractivity contribution in [1.82, 2.24) is 9.38 Å². The zero-order chi connectivity index (χ0) is 16.6. The van der Waals surface area contributed by atoms with Crippen LogP contribution in [0.3, 0.4) is 0 Å². The molecule has 0 spiro atoms. The van der Waals surface area contributed by atoms with E-state index in [0.717, 1.165) is 16.7 Å². The van der Waals surface area contributed by atoms with Crippen molar-refractivity contribution in [3.63, 3.8) is 0 Å². The fourth-order valence-corrected chi connectivity index (χ4v) is 2.49. The second-order valence-electron chi connectivity index (χ2n) is 5.51. The minimum Gasteiger partial charge on any atom is -0.438 e. The van der Waals surface area contributed by atoms with Crippen molar-refractivity contribution in [3.05, 3.63) is 69.1 Å². The van der Waals surface area contributed by atoms with Gasteiger partial charge in [-0.1, -0.05) is 23.8 Å². The molecule has 0 N–H and O–H groups in total. The molecule has 3 aromatic rings. The predicted molar refractivity (Wildman–Crippen MR) is 87.6 cm³/mol. The van der Waals surface area contributed by atoms with Crippen molar-refractivity contribution >= 4 is 11.9 Å². The van der Waals surface area contributed by atoms with Crippen LogP contribution in [0, 0.1) is 20.8 Å². The number of hydrogen-bond acceptors (Lipinski definition) is 4. The first kappa shape index (κ1) is 15.0. The maximum Gasteiger partial charge on any atom is 0.272 e. The average Bonchev–Trinajstić information content (AvgIpc) is 2.51. The highest BCUT2D eigenvalue weighted by molar-refractivity contribution is 5.78. The predicted octanol–water partition coefficient (Wildman–Crippen LogP) is 3.22. The van der Waals surface area contributed by atoms with Crippen LogP contribution in [0.2, 0.25) is 0 Å². The van der Waals surface area contributed by atoms with Gasteiger partial charge in [-0.25, -0.2) is 0 Å². The molecular weight excluding hydrogens is 292 g/mol. The van der Waals surface area contributed by atoms with Crippen LogP contribution in [0.15, 0.2) is 41.3 Å². The van der Waals surface area contributed by atoms with E-state index in [4.69, 9.17) is 4.74 Å². The van der Waals surface area contributed by atoms with Gasteiger partial charge in [-0.3, -0.25) is 14.0 Å². The molecular formula is C18H16N2O3. The molecule has 0 saturated carbocycles. The van der Waals surface area contributed by atoms with Gasteiger partial charge in [0, 0.05) is 6.20 Å². The molecule has 5 nitrogen and oxygen atoms in total. The number of benzene rings is 1. The highest BCUT2D eigenvalue weighted by Crippen LogP contribution is 2.26. The molecule has 0 unspecified atom stereocenters. The number of ether oxygens (including phenoxy) is 1. The van der Waals surface area contributed by atoms with Gasteiger partial charge in [-0.15, -0.1) is 0 Å². The van der Waals surface area contributed by atoms with Crippen LogP contribution in [0.25, 0.3) is 5.65 Å². The Labute approximate surface area is 133 Å². The molecule has 0 aliphatic heterocycles. The number of aldehydes is 1. The number of aryl methyl sites for hydroxylation is 3. The van der Waals surface area contributed by atoms with Gasteiger partial charge in [0.25, 0.3) is 5.56 Å². The first-order chi connectivity index (χ1) is 11.0. The Morgan fingerprint density at radius 3 is 2.61 bits per heavy atom. The van der Waals surface area contributed by atoms with E-state index < -0.39 is 5.56 Å². The summed E-state index contributed by atoms with van der Waals surface area (Å²) in [4.78, 5) is 28.2. The summed E-state index contributed by atoms with van der Waals surface area (Å²) in [5.74, 6) is 0.606. The summed E-state index contributed by atoms with van der Waals surface area (Å²) in [7, 11) is 0. The summed E-state index contributed by atoms with van der Waals surface area (Å²) in [6.07, 6.45) is 2.08. The number of nitrogens with zero attached hydrogens (tertiary/aromatic N) is 2. The Morgan fingerprint density at radius 1 is 1.13 bits per heavy atom. The third-order valence-corrected chi connectivity index (χ3v) is 3.70. The Balaban J connectivity index is 2.22. The first-order valence-electron chi connectivity index (χ1n) is 7.23. The molecule has 0 aliphatic rings. The molecule has 1 aromatic carbocycles. The Bertz CT molecular complexity index is 974. The lowest BCUT2D eigenvalue weighted by atomic mass is 10.1. The lowest BCUT2D eigenvalue weighted by Gasteiger charge is -2.12. The van der Waals surface area contributed by atoms with Crippen molar-refractivity contribution in [2.45, 2.75) is 20.8 Å². The zero-order valence-electron chi connectivity index (χ0n) is 13.2.